The molecule has 7 heteroatoms. The van der Waals surface area contributed by atoms with Gasteiger partial charge in [-0.2, -0.15) is 0 Å². The zero-order valence-electron chi connectivity index (χ0n) is 11.1. The lowest BCUT2D eigenvalue weighted by Gasteiger charge is -2.21. The third-order valence-corrected chi connectivity index (χ3v) is 3.55. The number of ether oxygens (including phenoxy) is 1. The molecule has 1 aromatic rings. The molecule has 0 heterocycles. The van der Waals surface area contributed by atoms with E-state index in [-0.39, 0.29) is 18.9 Å². The Kier molecular flexibility index (Phi) is 6.10. The van der Waals surface area contributed by atoms with Gasteiger partial charge in [-0.15, -0.1) is 0 Å². The van der Waals surface area contributed by atoms with Crippen LogP contribution in [0.5, 0.6) is 5.75 Å². The Hall–Kier alpha value is -1.46. The number of amides is 1. The second-order valence-corrected chi connectivity index (χ2v) is 5.01. The molecule has 1 amide bonds. The number of benzene rings is 1. The fraction of sp³-hybridized carbons (Fsp3) is 0.385. The first-order valence-electron chi connectivity index (χ1n) is 5.89. The van der Waals surface area contributed by atoms with Crippen LogP contribution in [0.25, 0.3) is 0 Å². The summed E-state index contributed by atoms with van der Waals surface area (Å²) in [7, 11) is 1.44. The standard InChI is InChI=1S/C13H15Cl2NO4/c1-8(13(18)19)16(2)12(17)5-6-20-9-3-4-10(14)11(15)7-9/h3-4,7-8H,5-6H2,1-2H3,(H,18,19). The number of halogens is 2. The minimum absolute atomic E-state index is 0.0777. The third kappa shape index (κ3) is 4.58. The van der Waals surface area contributed by atoms with Gasteiger partial charge in [0.2, 0.25) is 5.91 Å². The highest BCUT2D eigenvalue weighted by Crippen LogP contribution is 2.26. The van der Waals surface area contributed by atoms with Gasteiger partial charge in [-0.05, 0) is 19.1 Å². The highest BCUT2D eigenvalue weighted by Gasteiger charge is 2.21. The van der Waals surface area contributed by atoms with E-state index in [0.717, 1.165) is 0 Å². The molecular formula is C13H15Cl2NO4. The summed E-state index contributed by atoms with van der Waals surface area (Å²) >= 11 is 11.6. The number of aliphatic carboxylic acids is 1. The van der Waals surface area contributed by atoms with E-state index >= 15 is 0 Å². The topological polar surface area (TPSA) is 66.8 Å². The summed E-state index contributed by atoms with van der Waals surface area (Å²) in [6.45, 7) is 1.58. The van der Waals surface area contributed by atoms with Crippen molar-refractivity contribution in [2.24, 2.45) is 0 Å². The molecule has 0 radical (unpaired) electrons. The second kappa shape index (κ2) is 7.36. The molecule has 0 spiro atoms. The fourth-order valence-electron chi connectivity index (χ4n) is 1.38. The maximum absolute atomic E-state index is 11.7. The van der Waals surface area contributed by atoms with Crippen LogP contribution in [0.2, 0.25) is 10.0 Å². The van der Waals surface area contributed by atoms with Crippen molar-refractivity contribution in [2.75, 3.05) is 13.7 Å². The zero-order valence-corrected chi connectivity index (χ0v) is 12.6. The lowest BCUT2D eigenvalue weighted by atomic mass is 10.2. The van der Waals surface area contributed by atoms with Crippen LogP contribution in [0.4, 0.5) is 0 Å². The first-order chi connectivity index (χ1) is 9.32. The minimum atomic E-state index is -1.05. The van der Waals surface area contributed by atoms with E-state index in [1.54, 1.807) is 18.2 Å². The van der Waals surface area contributed by atoms with Gasteiger partial charge in [-0.3, -0.25) is 4.79 Å². The van der Waals surface area contributed by atoms with Gasteiger partial charge >= 0.3 is 5.97 Å². The Bertz CT molecular complexity index is 507. The van der Waals surface area contributed by atoms with Crippen LogP contribution < -0.4 is 4.74 Å². The normalized spacial score (nSPS) is 11.8. The van der Waals surface area contributed by atoms with E-state index in [1.807, 2.05) is 0 Å². The molecule has 0 aliphatic carbocycles. The molecule has 0 aliphatic heterocycles. The van der Waals surface area contributed by atoms with Gasteiger partial charge < -0.3 is 14.7 Å². The molecule has 0 bridgehead atoms. The summed E-state index contributed by atoms with van der Waals surface area (Å²) in [5.41, 5.74) is 0. The van der Waals surface area contributed by atoms with Crippen molar-refractivity contribution in [3.63, 3.8) is 0 Å². The number of rotatable bonds is 6. The first-order valence-corrected chi connectivity index (χ1v) is 6.65. The van der Waals surface area contributed by atoms with Crippen LogP contribution in [0.15, 0.2) is 18.2 Å². The lowest BCUT2D eigenvalue weighted by Crippen LogP contribution is -2.40. The average Bonchev–Trinajstić information content (AvgIpc) is 2.40. The smallest absolute Gasteiger partial charge is 0.326 e. The van der Waals surface area contributed by atoms with E-state index in [0.29, 0.717) is 15.8 Å². The van der Waals surface area contributed by atoms with Gasteiger partial charge in [-0.1, -0.05) is 23.2 Å². The number of carbonyl (C=O) groups excluding carboxylic acids is 1. The molecule has 0 aliphatic rings. The monoisotopic (exact) mass is 319 g/mol. The maximum atomic E-state index is 11.7. The Labute approximate surface area is 127 Å². The van der Waals surface area contributed by atoms with Crippen molar-refractivity contribution in [3.8, 4) is 5.75 Å². The minimum Gasteiger partial charge on any atom is -0.493 e. The highest BCUT2D eigenvalue weighted by molar-refractivity contribution is 6.42. The molecule has 0 saturated heterocycles. The van der Waals surface area contributed by atoms with Crippen molar-refractivity contribution in [2.45, 2.75) is 19.4 Å². The van der Waals surface area contributed by atoms with Gasteiger partial charge in [0.1, 0.15) is 11.8 Å². The summed E-state index contributed by atoms with van der Waals surface area (Å²) in [5.74, 6) is -0.854. The van der Waals surface area contributed by atoms with Crippen molar-refractivity contribution >= 4 is 35.1 Å². The number of hydrogen-bond donors (Lipinski definition) is 1. The van der Waals surface area contributed by atoms with Gasteiger partial charge in [0.05, 0.1) is 23.1 Å². The summed E-state index contributed by atoms with van der Waals surface area (Å²) < 4.78 is 5.36. The molecule has 110 valence electrons. The summed E-state index contributed by atoms with van der Waals surface area (Å²) in [4.78, 5) is 23.7. The van der Waals surface area contributed by atoms with Crippen LogP contribution >= 0.6 is 23.2 Å². The molecule has 1 rings (SSSR count). The molecule has 1 atom stereocenters. The van der Waals surface area contributed by atoms with E-state index < -0.39 is 12.0 Å². The molecule has 20 heavy (non-hydrogen) atoms. The predicted octanol–water partition coefficient (Wildman–Crippen LogP) is 2.69. The van der Waals surface area contributed by atoms with Crippen molar-refractivity contribution in [1.29, 1.82) is 0 Å². The number of carboxylic acids is 1. The summed E-state index contributed by atoms with van der Waals surface area (Å²) in [5, 5.41) is 9.60. The van der Waals surface area contributed by atoms with Crippen molar-refractivity contribution < 1.29 is 19.4 Å². The maximum Gasteiger partial charge on any atom is 0.326 e. The Morgan fingerprint density at radius 1 is 1.35 bits per heavy atom. The molecule has 0 aromatic heterocycles. The predicted molar refractivity (Wildman–Crippen MR) is 76.4 cm³/mol. The van der Waals surface area contributed by atoms with Crippen molar-refractivity contribution in [1.82, 2.24) is 4.90 Å². The third-order valence-electron chi connectivity index (χ3n) is 2.81. The van der Waals surface area contributed by atoms with Gasteiger partial charge in [-0.25, -0.2) is 4.79 Å². The zero-order chi connectivity index (χ0) is 15.3. The van der Waals surface area contributed by atoms with Crippen LogP contribution in [0.1, 0.15) is 13.3 Å². The fourth-order valence-corrected chi connectivity index (χ4v) is 1.67. The molecule has 1 unspecified atom stereocenters. The quantitative estimate of drug-likeness (QED) is 0.875. The molecule has 0 fully saturated rings. The van der Waals surface area contributed by atoms with Gasteiger partial charge in [0.25, 0.3) is 0 Å². The van der Waals surface area contributed by atoms with Gasteiger partial charge in [0.15, 0.2) is 0 Å². The Balaban J connectivity index is 2.45. The van der Waals surface area contributed by atoms with Gasteiger partial charge in [0, 0.05) is 13.1 Å². The Morgan fingerprint density at radius 2 is 2.00 bits per heavy atom. The number of nitrogens with zero attached hydrogens (tertiary/aromatic N) is 1. The van der Waals surface area contributed by atoms with Crippen LogP contribution in [-0.4, -0.2) is 41.6 Å². The number of carboxylic acid groups (broad SMARTS) is 1. The van der Waals surface area contributed by atoms with E-state index in [9.17, 15) is 9.59 Å². The molecule has 1 aromatic carbocycles. The van der Waals surface area contributed by atoms with E-state index in [2.05, 4.69) is 0 Å². The molecule has 5 nitrogen and oxygen atoms in total. The highest BCUT2D eigenvalue weighted by atomic mass is 35.5. The number of likely N-dealkylation sites (N-methyl/N-ethyl adjacent to an activating group) is 1. The number of carbonyl (C=O) groups is 2. The SMILES string of the molecule is CC(C(=O)O)N(C)C(=O)CCOc1ccc(Cl)c(Cl)c1. The number of hydrogen-bond acceptors (Lipinski definition) is 3. The first kappa shape index (κ1) is 16.6. The summed E-state index contributed by atoms with van der Waals surface area (Å²) in [6, 6.07) is 3.92. The second-order valence-electron chi connectivity index (χ2n) is 4.19. The lowest BCUT2D eigenvalue weighted by molar-refractivity contribution is -0.148. The summed E-state index contributed by atoms with van der Waals surface area (Å²) in [6.07, 6.45) is 0.0777. The largest absolute Gasteiger partial charge is 0.493 e. The van der Waals surface area contributed by atoms with E-state index in [4.69, 9.17) is 33.0 Å². The van der Waals surface area contributed by atoms with Crippen LogP contribution in [-0.2, 0) is 9.59 Å². The van der Waals surface area contributed by atoms with Crippen molar-refractivity contribution in [3.05, 3.63) is 28.2 Å². The average molecular weight is 320 g/mol. The van der Waals surface area contributed by atoms with Crippen LogP contribution in [0, 0.1) is 0 Å². The van der Waals surface area contributed by atoms with Crippen LogP contribution in [0.3, 0.4) is 0 Å². The van der Waals surface area contributed by atoms with E-state index in [1.165, 1.54) is 18.9 Å². The molecule has 0 saturated carbocycles. The molecule has 1 N–H and O–H groups in total. The Morgan fingerprint density at radius 3 is 2.55 bits per heavy atom. The molecular weight excluding hydrogens is 305 g/mol.